The fraction of sp³-hybridized carbons (Fsp3) is 0.600. The fourth-order valence-corrected chi connectivity index (χ4v) is 2.51. The molecule has 0 saturated heterocycles. The molecule has 18 heavy (non-hydrogen) atoms. The Morgan fingerprint density at radius 3 is 2.72 bits per heavy atom. The number of aliphatic hydroxyl groups is 1. The van der Waals surface area contributed by atoms with Gasteiger partial charge in [-0.1, -0.05) is 24.1 Å². The molecule has 0 radical (unpaired) electrons. The van der Waals surface area contributed by atoms with Crippen LogP contribution in [0.3, 0.4) is 0 Å². The lowest BCUT2D eigenvalue weighted by atomic mass is 9.94. The van der Waals surface area contributed by atoms with Gasteiger partial charge in [0, 0.05) is 11.6 Å². The highest BCUT2D eigenvalue weighted by Crippen LogP contribution is 2.29. The molecule has 1 fully saturated rings. The molecule has 3 heteroatoms. The number of nitrogens with two attached hydrogens (primary N) is 1. The summed E-state index contributed by atoms with van der Waals surface area (Å²) in [7, 11) is 0. The first-order valence-corrected chi connectivity index (χ1v) is 6.79. The van der Waals surface area contributed by atoms with Gasteiger partial charge in [-0.05, 0) is 39.2 Å². The summed E-state index contributed by atoms with van der Waals surface area (Å²) in [5, 5.41) is 9.96. The Hall–Kier alpha value is -1.06. The molecule has 3 atom stereocenters. The Labute approximate surface area is 109 Å². The first kappa shape index (κ1) is 13.4. The SMILES string of the molecule is Cc1ccc(OC2CCCCC2O)c([C@@H](C)N)c1. The third kappa shape index (κ3) is 3.03. The van der Waals surface area contributed by atoms with E-state index in [2.05, 4.69) is 6.07 Å². The zero-order chi connectivity index (χ0) is 13.1. The van der Waals surface area contributed by atoms with Gasteiger partial charge >= 0.3 is 0 Å². The molecule has 2 rings (SSSR count). The molecule has 1 aromatic carbocycles. The second-order valence-electron chi connectivity index (χ2n) is 5.34. The van der Waals surface area contributed by atoms with E-state index in [9.17, 15) is 5.11 Å². The molecule has 1 aliphatic carbocycles. The number of ether oxygens (including phenoxy) is 1. The van der Waals surface area contributed by atoms with Gasteiger partial charge < -0.3 is 15.6 Å². The van der Waals surface area contributed by atoms with E-state index < -0.39 is 0 Å². The van der Waals surface area contributed by atoms with E-state index in [1.165, 1.54) is 5.56 Å². The first-order valence-electron chi connectivity index (χ1n) is 6.79. The average Bonchev–Trinajstić information content (AvgIpc) is 2.34. The average molecular weight is 249 g/mol. The standard InChI is InChI=1S/C15H23NO2/c1-10-7-8-14(12(9-10)11(2)16)18-15-6-4-3-5-13(15)17/h7-9,11,13,15,17H,3-6,16H2,1-2H3/t11-,13?,15?/m1/s1. The van der Waals surface area contributed by atoms with Crippen LogP contribution in [0.1, 0.15) is 49.8 Å². The summed E-state index contributed by atoms with van der Waals surface area (Å²) in [6, 6.07) is 6.00. The molecule has 1 aromatic rings. The van der Waals surface area contributed by atoms with Gasteiger partial charge in [0.05, 0.1) is 6.10 Å². The minimum atomic E-state index is -0.346. The maximum absolute atomic E-state index is 9.96. The summed E-state index contributed by atoms with van der Waals surface area (Å²) < 4.78 is 5.98. The lowest BCUT2D eigenvalue weighted by Gasteiger charge is -2.29. The molecule has 0 amide bonds. The van der Waals surface area contributed by atoms with Crippen LogP contribution in [0.25, 0.3) is 0 Å². The Kier molecular flexibility index (Phi) is 4.25. The number of hydrogen-bond acceptors (Lipinski definition) is 3. The van der Waals surface area contributed by atoms with Crippen molar-refractivity contribution in [2.45, 2.75) is 57.8 Å². The summed E-state index contributed by atoms with van der Waals surface area (Å²) in [6.07, 6.45) is 3.55. The van der Waals surface area contributed by atoms with Crippen LogP contribution in [-0.4, -0.2) is 17.3 Å². The van der Waals surface area contributed by atoms with Crippen LogP contribution < -0.4 is 10.5 Å². The van der Waals surface area contributed by atoms with E-state index in [0.29, 0.717) is 0 Å². The Morgan fingerprint density at radius 1 is 1.33 bits per heavy atom. The third-order valence-corrected chi connectivity index (χ3v) is 3.60. The van der Waals surface area contributed by atoms with Crippen LogP contribution in [0.5, 0.6) is 5.75 Å². The summed E-state index contributed by atoms with van der Waals surface area (Å²) in [4.78, 5) is 0. The van der Waals surface area contributed by atoms with Gasteiger partial charge in [-0.15, -0.1) is 0 Å². The number of benzene rings is 1. The van der Waals surface area contributed by atoms with Crippen molar-refractivity contribution in [1.29, 1.82) is 0 Å². The maximum Gasteiger partial charge on any atom is 0.124 e. The van der Waals surface area contributed by atoms with Crippen molar-refractivity contribution in [3.8, 4) is 5.75 Å². The van der Waals surface area contributed by atoms with Gasteiger partial charge in [0.2, 0.25) is 0 Å². The molecule has 1 aliphatic rings. The van der Waals surface area contributed by atoms with Crippen molar-refractivity contribution in [2.24, 2.45) is 5.73 Å². The van der Waals surface area contributed by atoms with Crippen LogP contribution in [0.4, 0.5) is 0 Å². The van der Waals surface area contributed by atoms with Crippen molar-refractivity contribution in [3.05, 3.63) is 29.3 Å². The monoisotopic (exact) mass is 249 g/mol. The first-order chi connectivity index (χ1) is 8.58. The normalized spacial score (nSPS) is 25.8. The van der Waals surface area contributed by atoms with Crippen molar-refractivity contribution in [2.75, 3.05) is 0 Å². The molecule has 3 nitrogen and oxygen atoms in total. The third-order valence-electron chi connectivity index (χ3n) is 3.60. The van der Waals surface area contributed by atoms with Crippen molar-refractivity contribution in [1.82, 2.24) is 0 Å². The van der Waals surface area contributed by atoms with Crippen LogP contribution >= 0.6 is 0 Å². The molecule has 0 spiro atoms. The zero-order valence-electron chi connectivity index (χ0n) is 11.2. The van der Waals surface area contributed by atoms with Crippen molar-refractivity contribution < 1.29 is 9.84 Å². The molecule has 0 bridgehead atoms. The van der Waals surface area contributed by atoms with E-state index >= 15 is 0 Å². The summed E-state index contributed by atoms with van der Waals surface area (Å²) in [6.45, 7) is 4.00. The minimum absolute atomic E-state index is 0.0550. The van der Waals surface area contributed by atoms with Gasteiger partial charge in [-0.25, -0.2) is 0 Å². The summed E-state index contributed by atoms with van der Waals surface area (Å²) in [5.74, 6) is 0.821. The Bertz CT molecular complexity index is 403. The number of aryl methyl sites for hydroxylation is 1. The second kappa shape index (κ2) is 5.72. The van der Waals surface area contributed by atoms with Gasteiger partial charge in [0.15, 0.2) is 0 Å². The predicted molar refractivity (Wildman–Crippen MR) is 72.7 cm³/mol. The van der Waals surface area contributed by atoms with Gasteiger partial charge in [0.25, 0.3) is 0 Å². The van der Waals surface area contributed by atoms with Crippen LogP contribution in [0.15, 0.2) is 18.2 Å². The highest BCUT2D eigenvalue weighted by Gasteiger charge is 2.25. The molecule has 100 valence electrons. The highest BCUT2D eigenvalue weighted by molar-refractivity contribution is 5.39. The molecule has 1 saturated carbocycles. The van der Waals surface area contributed by atoms with E-state index in [-0.39, 0.29) is 18.2 Å². The topological polar surface area (TPSA) is 55.5 Å². The number of aliphatic hydroxyl groups excluding tert-OH is 1. The lowest BCUT2D eigenvalue weighted by molar-refractivity contribution is 0.00626. The molecular formula is C15H23NO2. The van der Waals surface area contributed by atoms with Gasteiger partial charge in [-0.2, -0.15) is 0 Å². The zero-order valence-corrected chi connectivity index (χ0v) is 11.2. The fourth-order valence-electron chi connectivity index (χ4n) is 2.51. The highest BCUT2D eigenvalue weighted by atomic mass is 16.5. The van der Waals surface area contributed by atoms with Crippen LogP contribution in [0.2, 0.25) is 0 Å². The number of hydrogen-bond donors (Lipinski definition) is 2. The van der Waals surface area contributed by atoms with E-state index in [1.54, 1.807) is 0 Å². The molecule has 3 N–H and O–H groups in total. The maximum atomic E-state index is 9.96. The Balaban J connectivity index is 2.17. The quantitative estimate of drug-likeness (QED) is 0.866. The number of rotatable bonds is 3. The van der Waals surface area contributed by atoms with Crippen LogP contribution in [0, 0.1) is 6.92 Å². The summed E-state index contributed by atoms with van der Waals surface area (Å²) >= 11 is 0. The smallest absolute Gasteiger partial charge is 0.124 e. The molecule has 2 unspecified atom stereocenters. The minimum Gasteiger partial charge on any atom is -0.487 e. The molecule has 0 aromatic heterocycles. The van der Waals surface area contributed by atoms with Crippen LogP contribution in [-0.2, 0) is 0 Å². The Morgan fingerprint density at radius 2 is 2.06 bits per heavy atom. The van der Waals surface area contributed by atoms with Gasteiger partial charge in [0.1, 0.15) is 11.9 Å². The molecular weight excluding hydrogens is 226 g/mol. The van der Waals surface area contributed by atoms with Crippen molar-refractivity contribution in [3.63, 3.8) is 0 Å². The lowest BCUT2D eigenvalue weighted by Crippen LogP contribution is -2.35. The largest absolute Gasteiger partial charge is 0.487 e. The van der Waals surface area contributed by atoms with Crippen molar-refractivity contribution >= 4 is 0 Å². The van der Waals surface area contributed by atoms with E-state index in [4.69, 9.17) is 10.5 Å². The van der Waals surface area contributed by atoms with Gasteiger partial charge in [-0.3, -0.25) is 0 Å². The van der Waals surface area contributed by atoms with E-state index in [0.717, 1.165) is 37.0 Å². The second-order valence-corrected chi connectivity index (χ2v) is 5.34. The molecule has 0 aliphatic heterocycles. The summed E-state index contributed by atoms with van der Waals surface area (Å²) in [5.41, 5.74) is 8.18. The predicted octanol–water partition coefficient (Wildman–Crippen LogP) is 2.70. The molecule has 0 heterocycles. The van der Waals surface area contributed by atoms with E-state index in [1.807, 2.05) is 26.0 Å².